The lowest BCUT2D eigenvalue weighted by molar-refractivity contribution is 0.0949. The maximum Gasteiger partial charge on any atom is 0.251 e. The molecule has 0 aliphatic carbocycles. The van der Waals surface area contributed by atoms with Crippen molar-refractivity contribution >= 4 is 11.7 Å². The molecule has 1 aromatic heterocycles. The van der Waals surface area contributed by atoms with Gasteiger partial charge >= 0.3 is 0 Å². The van der Waals surface area contributed by atoms with Crippen LogP contribution in [0.4, 0.5) is 5.82 Å². The van der Waals surface area contributed by atoms with E-state index in [4.69, 9.17) is 0 Å². The van der Waals surface area contributed by atoms with Crippen molar-refractivity contribution < 1.29 is 4.79 Å². The lowest BCUT2D eigenvalue weighted by Crippen LogP contribution is -2.26. The van der Waals surface area contributed by atoms with E-state index in [1.54, 1.807) is 6.20 Å². The summed E-state index contributed by atoms with van der Waals surface area (Å²) >= 11 is 0. The molecule has 2 aromatic rings. The Bertz CT molecular complexity index is 708. The molecular formula is C18H22N4O. The Labute approximate surface area is 136 Å². The Morgan fingerprint density at radius 3 is 2.78 bits per heavy atom. The second-order valence-electron chi connectivity index (χ2n) is 6.03. The minimum Gasteiger partial charge on any atom is -0.357 e. The predicted octanol–water partition coefficient (Wildman–Crippen LogP) is 2.62. The lowest BCUT2D eigenvalue weighted by Gasteiger charge is -2.16. The molecule has 5 heteroatoms. The highest BCUT2D eigenvalue weighted by Crippen LogP contribution is 2.17. The number of aryl methyl sites for hydroxylation is 2. The minimum atomic E-state index is -0.0821. The summed E-state index contributed by atoms with van der Waals surface area (Å²) in [5.41, 5.74) is 2.76. The Morgan fingerprint density at radius 2 is 2.00 bits per heavy atom. The van der Waals surface area contributed by atoms with Crippen LogP contribution in [0, 0.1) is 13.8 Å². The van der Waals surface area contributed by atoms with Gasteiger partial charge in [0, 0.05) is 24.8 Å². The van der Waals surface area contributed by atoms with Crippen LogP contribution in [0.3, 0.4) is 0 Å². The van der Waals surface area contributed by atoms with Gasteiger partial charge in [-0.05, 0) is 44.4 Å². The van der Waals surface area contributed by atoms with E-state index in [9.17, 15) is 4.79 Å². The number of hydrogen-bond donors (Lipinski definition) is 1. The van der Waals surface area contributed by atoms with Gasteiger partial charge in [-0.25, -0.2) is 9.97 Å². The fraction of sp³-hybridized carbons (Fsp3) is 0.389. The summed E-state index contributed by atoms with van der Waals surface area (Å²) in [6.07, 6.45) is 4.19. The number of nitrogens with zero attached hydrogens (tertiary/aromatic N) is 3. The van der Waals surface area contributed by atoms with Crippen LogP contribution in [-0.4, -0.2) is 29.0 Å². The molecule has 1 N–H and O–H groups in total. The van der Waals surface area contributed by atoms with E-state index in [1.165, 1.54) is 12.8 Å². The summed E-state index contributed by atoms with van der Waals surface area (Å²) in [6.45, 7) is 6.36. The second-order valence-corrected chi connectivity index (χ2v) is 6.03. The molecule has 1 saturated heterocycles. The van der Waals surface area contributed by atoms with Gasteiger partial charge in [0.2, 0.25) is 0 Å². The Morgan fingerprint density at radius 1 is 1.22 bits per heavy atom. The summed E-state index contributed by atoms with van der Waals surface area (Å²) < 4.78 is 0. The number of anilines is 1. The van der Waals surface area contributed by atoms with Gasteiger partial charge in [0.15, 0.2) is 0 Å². The molecule has 0 unspecified atom stereocenters. The second kappa shape index (κ2) is 6.77. The molecule has 0 spiro atoms. The molecule has 0 radical (unpaired) electrons. The van der Waals surface area contributed by atoms with Gasteiger partial charge in [-0.3, -0.25) is 4.79 Å². The van der Waals surface area contributed by atoms with E-state index in [0.29, 0.717) is 17.9 Å². The van der Waals surface area contributed by atoms with Gasteiger partial charge in [0.1, 0.15) is 11.6 Å². The zero-order valence-corrected chi connectivity index (χ0v) is 13.7. The van der Waals surface area contributed by atoms with Crippen LogP contribution in [0.1, 0.15) is 40.2 Å². The van der Waals surface area contributed by atoms with E-state index in [2.05, 4.69) is 20.2 Å². The van der Waals surface area contributed by atoms with Gasteiger partial charge in [-0.1, -0.05) is 17.7 Å². The summed E-state index contributed by atoms with van der Waals surface area (Å²) in [4.78, 5) is 23.4. The number of amides is 1. The van der Waals surface area contributed by atoms with Crippen molar-refractivity contribution in [3.8, 4) is 0 Å². The fourth-order valence-corrected chi connectivity index (χ4v) is 2.83. The zero-order chi connectivity index (χ0) is 16.2. The van der Waals surface area contributed by atoms with Crippen LogP contribution in [0.25, 0.3) is 0 Å². The summed E-state index contributed by atoms with van der Waals surface area (Å²) in [7, 11) is 0. The summed E-state index contributed by atoms with van der Waals surface area (Å²) in [6, 6.07) is 7.82. The van der Waals surface area contributed by atoms with Crippen LogP contribution < -0.4 is 10.2 Å². The van der Waals surface area contributed by atoms with E-state index < -0.39 is 0 Å². The van der Waals surface area contributed by atoms with Crippen molar-refractivity contribution in [1.82, 2.24) is 15.3 Å². The maximum atomic E-state index is 12.4. The van der Waals surface area contributed by atoms with E-state index >= 15 is 0 Å². The normalized spacial score (nSPS) is 14.1. The average Bonchev–Trinajstić information content (AvgIpc) is 3.10. The number of aromatic nitrogens is 2. The SMILES string of the molecule is Cc1ccc(C)c(C(=O)NCc2nccc(N3CCCC3)n2)c1. The zero-order valence-electron chi connectivity index (χ0n) is 13.7. The number of hydrogen-bond acceptors (Lipinski definition) is 4. The molecular weight excluding hydrogens is 288 g/mol. The third-order valence-corrected chi connectivity index (χ3v) is 4.17. The number of rotatable bonds is 4. The Hall–Kier alpha value is -2.43. The molecule has 3 rings (SSSR count). The molecule has 2 heterocycles. The highest BCUT2D eigenvalue weighted by atomic mass is 16.1. The first-order valence-corrected chi connectivity index (χ1v) is 8.06. The summed E-state index contributed by atoms with van der Waals surface area (Å²) in [5.74, 6) is 1.52. The van der Waals surface area contributed by atoms with Crippen LogP contribution in [0.15, 0.2) is 30.5 Å². The predicted molar refractivity (Wildman–Crippen MR) is 90.6 cm³/mol. The van der Waals surface area contributed by atoms with Crippen molar-refractivity contribution in [3.63, 3.8) is 0 Å². The minimum absolute atomic E-state index is 0.0821. The molecule has 23 heavy (non-hydrogen) atoms. The number of carbonyl (C=O) groups is 1. The molecule has 1 aromatic carbocycles. The van der Waals surface area contributed by atoms with Crippen molar-refractivity contribution in [2.45, 2.75) is 33.2 Å². The van der Waals surface area contributed by atoms with Crippen LogP contribution in [-0.2, 0) is 6.54 Å². The van der Waals surface area contributed by atoms with Crippen molar-refractivity contribution in [3.05, 3.63) is 53.0 Å². The lowest BCUT2D eigenvalue weighted by atomic mass is 10.1. The van der Waals surface area contributed by atoms with Gasteiger partial charge < -0.3 is 10.2 Å². The van der Waals surface area contributed by atoms with E-state index in [0.717, 1.165) is 30.0 Å². The smallest absolute Gasteiger partial charge is 0.251 e. The molecule has 1 fully saturated rings. The quantitative estimate of drug-likeness (QED) is 0.943. The Kier molecular flexibility index (Phi) is 4.55. The molecule has 0 saturated carbocycles. The average molecular weight is 310 g/mol. The highest BCUT2D eigenvalue weighted by molar-refractivity contribution is 5.95. The molecule has 0 bridgehead atoms. The van der Waals surface area contributed by atoms with Crippen LogP contribution >= 0.6 is 0 Å². The van der Waals surface area contributed by atoms with Crippen LogP contribution in [0.2, 0.25) is 0 Å². The molecule has 120 valence electrons. The number of carbonyl (C=O) groups excluding carboxylic acids is 1. The number of benzene rings is 1. The third-order valence-electron chi connectivity index (χ3n) is 4.17. The molecule has 0 atom stereocenters. The van der Waals surface area contributed by atoms with Gasteiger partial charge in [0.25, 0.3) is 5.91 Å². The topological polar surface area (TPSA) is 58.1 Å². The number of nitrogens with one attached hydrogen (secondary N) is 1. The standard InChI is InChI=1S/C18H22N4O/c1-13-5-6-14(2)15(11-13)18(23)20-12-16-19-8-7-17(21-16)22-9-3-4-10-22/h5-8,11H,3-4,9-10,12H2,1-2H3,(H,20,23). The molecule has 1 aliphatic rings. The maximum absolute atomic E-state index is 12.4. The largest absolute Gasteiger partial charge is 0.357 e. The van der Waals surface area contributed by atoms with Crippen molar-refractivity contribution in [2.75, 3.05) is 18.0 Å². The van der Waals surface area contributed by atoms with Crippen molar-refractivity contribution in [2.24, 2.45) is 0 Å². The highest BCUT2D eigenvalue weighted by Gasteiger charge is 2.14. The monoisotopic (exact) mass is 310 g/mol. The molecule has 1 amide bonds. The first-order chi connectivity index (χ1) is 11.1. The third kappa shape index (κ3) is 3.67. The first-order valence-electron chi connectivity index (χ1n) is 8.06. The first kappa shape index (κ1) is 15.5. The van der Waals surface area contributed by atoms with E-state index in [-0.39, 0.29) is 5.91 Å². The van der Waals surface area contributed by atoms with Gasteiger partial charge in [-0.2, -0.15) is 0 Å². The fourth-order valence-electron chi connectivity index (χ4n) is 2.83. The van der Waals surface area contributed by atoms with Gasteiger partial charge in [0.05, 0.1) is 6.54 Å². The summed E-state index contributed by atoms with van der Waals surface area (Å²) in [5, 5.41) is 2.92. The van der Waals surface area contributed by atoms with Gasteiger partial charge in [-0.15, -0.1) is 0 Å². The molecule has 1 aliphatic heterocycles. The Balaban J connectivity index is 1.67. The molecule has 5 nitrogen and oxygen atoms in total. The van der Waals surface area contributed by atoms with Crippen LogP contribution in [0.5, 0.6) is 0 Å². The van der Waals surface area contributed by atoms with E-state index in [1.807, 2.05) is 38.1 Å². The van der Waals surface area contributed by atoms with Crippen molar-refractivity contribution in [1.29, 1.82) is 0 Å².